The van der Waals surface area contributed by atoms with Crippen molar-refractivity contribution >= 4 is 11.9 Å². The van der Waals surface area contributed by atoms with Crippen LogP contribution in [-0.2, 0) is 19.1 Å². The van der Waals surface area contributed by atoms with Gasteiger partial charge in [-0.3, -0.25) is 0 Å². The van der Waals surface area contributed by atoms with Crippen molar-refractivity contribution < 1.29 is 24.2 Å². The first-order valence-corrected chi connectivity index (χ1v) is 6.70. The topological polar surface area (TPSA) is 72.8 Å². The van der Waals surface area contributed by atoms with Crippen LogP contribution in [0.2, 0.25) is 0 Å². The highest BCUT2D eigenvalue weighted by Gasteiger charge is 2.46. The van der Waals surface area contributed by atoms with Crippen molar-refractivity contribution in [1.82, 2.24) is 0 Å². The minimum atomic E-state index is -1.08. The van der Waals surface area contributed by atoms with Crippen molar-refractivity contribution in [2.24, 2.45) is 17.8 Å². The van der Waals surface area contributed by atoms with E-state index in [-0.39, 0.29) is 5.92 Å². The highest BCUT2D eigenvalue weighted by molar-refractivity contribution is 5.82. The number of fused-ring (bicyclic) bond motifs is 2. The molecule has 100 valence electrons. The van der Waals surface area contributed by atoms with Crippen LogP contribution in [0, 0.1) is 17.8 Å². The summed E-state index contributed by atoms with van der Waals surface area (Å²) >= 11 is 0. The van der Waals surface area contributed by atoms with Crippen LogP contribution in [0.4, 0.5) is 0 Å². The first-order valence-electron chi connectivity index (χ1n) is 6.70. The predicted molar refractivity (Wildman–Crippen MR) is 60.4 cm³/mol. The van der Waals surface area contributed by atoms with Crippen LogP contribution < -0.4 is 0 Å². The first kappa shape index (κ1) is 12.0. The van der Waals surface area contributed by atoms with E-state index in [0.29, 0.717) is 24.9 Å². The van der Waals surface area contributed by atoms with E-state index in [1.165, 1.54) is 6.42 Å². The highest BCUT2D eigenvalue weighted by Crippen LogP contribution is 2.49. The number of ether oxygens (including phenoxy) is 2. The molecule has 0 aromatic rings. The van der Waals surface area contributed by atoms with Crippen molar-refractivity contribution in [3.8, 4) is 0 Å². The molecule has 5 atom stereocenters. The molecule has 3 aliphatic rings. The van der Waals surface area contributed by atoms with Crippen LogP contribution in [-0.4, -0.2) is 35.9 Å². The number of cyclic esters (lactones) is 1. The zero-order valence-electron chi connectivity index (χ0n) is 10.2. The second-order valence-corrected chi connectivity index (χ2v) is 5.67. The van der Waals surface area contributed by atoms with Gasteiger partial charge in [0.2, 0.25) is 6.10 Å². The van der Waals surface area contributed by atoms with Gasteiger partial charge in [0.05, 0.1) is 6.61 Å². The SMILES string of the molecule is O=C1OCCC1OC(=O)C(O)C1CC2CCC1C2. The highest BCUT2D eigenvalue weighted by atomic mass is 16.6. The fourth-order valence-electron chi connectivity index (χ4n) is 3.65. The molecule has 2 bridgehead atoms. The lowest BCUT2D eigenvalue weighted by atomic mass is 9.85. The summed E-state index contributed by atoms with van der Waals surface area (Å²) < 4.78 is 9.77. The number of aliphatic hydroxyl groups is 1. The maximum Gasteiger partial charge on any atom is 0.347 e. The molecule has 0 amide bonds. The third-order valence-corrected chi connectivity index (χ3v) is 4.59. The zero-order chi connectivity index (χ0) is 12.7. The fraction of sp³-hybridized carbons (Fsp3) is 0.846. The Labute approximate surface area is 105 Å². The molecule has 0 spiro atoms. The lowest BCUT2D eigenvalue weighted by molar-refractivity contribution is -0.169. The van der Waals surface area contributed by atoms with Crippen LogP contribution in [0.15, 0.2) is 0 Å². The molecule has 1 heterocycles. The molecule has 5 unspecified atom stereocenters. The van der Waals surface area contributed by atoms with Crippen LogP contribution in [0.3, 0.4) is 0 Å². The number of carbonyl (C=O) groups is 2. The average Bonchev–Trinajstić information content (AvgIpc) is 3.05. The summed E-state index contributed by atoms with van der Waals surface area (Å²) in [4.78, 5) is 23.0. The molecule has 3 rings (SSSR count). The molecule has 0 radical (unpaired) electrons. The predicted octanol–water partition coefficient (Wildman–Crippen LogP) is 0.642. The Balaban J connectivity index is 1.57. The Bertz CT molecular complexity index is 366. The smallest absolute Gasteiger partial charge is 0.347 e. The minimum absolute atomic E-state index is 0.0219. The Morgan fingerprint density at radius 2 is 2.17 bits per heavy atom. The van der Waals surface area contributed by atoms with Crippen molar-refractivity contribution in [2.75, 3.05) is 6.61 Å². The summed E-state index contributed by atoms with van der Waals surface area (Å²) in [6.07, 6.45) is 2.87. The van der Waals surface area contributed by atoms with E-state index in [0.717, 1.165) is 19.3 Å². The van der Waals surface area contributed by atoms with E-state index in [1.54, 1.807) is 0 Å². The molecule has 1 saturated heterocycles. The maximum atomic E-state index is 11.8. The second-order valence-electron chi connectivity index (χ2n) is 5.67. The Morgan fingerprint density at radius 1 is 1.33 bits per heavy atom. The molecule has 5 nitrogen and oxygen atoms in total. The van der Waals surface area contributed by atoms with Crippen molar-refractivity contribution in [2.45, 2.75) is 44.3 Å². The first-order chi connectivity index (χ1) is 8.65. The van der Waals surface area contributed by atoms with Gasteiger partial charge in [0.1, 0.15) is 0 Å². The number of carbonyl (C=O) groups excluding carboxylic acids is 2. The standard InChI is InChI=1S/C13H18O5/c14-11(9-6-7-1-2-8(9)5-7)13(16)18-10-3-4-17-12(10)15/h7-11,14H,1-6H2. The van der Waals surface area contributed by atoms with Crippen molar-refractivity contribution in [3.63, 3.8) is 0 Å². The summed E-state index contributed by atoms with van der Waals surface area (Å²) in [7, 11) is 0. The molecule has 1 N–H and O–H groups in total. The van der Waals surface area contributed by atoms with E-state index >= 15 is 0 Å². The number of aliphatic hydroxyl groups excluding tert-OH is 1. The lowest BCUT2D eigenvalue weighted by Gasteiger charge is -2.25. The summed E-state index contributed by atoms with van der Waals surface area (Å²) in [5.74, 6) is -0.0134. The third-order valence-electron chi connectivity index (χ3n) is 4.59. The number of hydrogen-bond donors (Lipinski definition) is 1. The zero-order valence-corrected chi connectivity index (χ0v) is 10.2. The van der Waals surface area contributed by atoms with E-state index in [9.17, 15) is 14.7 Å². The summed E-state index contributed by atoms with van der Waals surface area (Å²) in [6, 6.07) is 0. The maximum absolute atomic E-state index is 11.8. The molecule has 2 saturated carbocycles. The number of rotatable bonds is 3. The summed E-state index contributed by atoms with van der Waals surface area (Å²) in [5, 5.41) is 10.1. The molecule has 18 heavy (non-hydrogen) atoms. The monoisotopic (exact) mass is 254 g/mol. The van der Waals surface area contributed by atoms with Gasteiger partial charge in [-0.1, -0.05) is 6.42 Å². The molecule has 0 aromatic carbocycles. The molecule has 1 aliphatic heterocycles. The second kappa shape index (κ2) is 4.53. The largest absolute Gasteiger partial charge is 0.463 e. The normalized spacial score (nSPS) is 39.7. The van der Waals surface area contributed by atoms with Gasteiger partial charge in [0, 0.05) is 6.42 Å². The summed E-state index contributed by atoms with van der Waals surface area (Å²) in [6.45, 7) is 0.293. The molecule has 3 fully saturated rings. The third kappa shape index (κ3) is 2.00. The van der Waals surface area contributed by atoms with Crippen LogP contribution in [0.1, 0.15) is 32.1 Å². The molecular formula is C13H18O5. The van der Waals surface area contributed by atoms with Gasteiger partial charge in [0.25, 0.3) is 0 Å². The van der Waals surface area contributed by atoms with E-state index in [1.807, 2.05) is 0 Å². The Kier molecular flexibility index (Phi) is 3.01. The molecule has 2 aliphatic carbocycles. The van der Waals surface area contributed by atoms with Gasteiger partial charge < -0.3 is 14.6 Å². The van der Waals surface area contributed by atoms with Gasteiger partial charge in [-0.15, -0.1) is 0 Å². The van der Waals surface area contributed by atoms with Gasteiger partial charge in [-0.05, 0) is 37.0 Å². The quantitative estimate of drug-likeness (QED) is 0.748. The minimum Gasteiger partial charge on any atom is -0.463 e. The van der Waals surface area contributed by atoms with E-state index in [2.05, 4.69) is 0 Å². The average molecular weight is 254 g/mol. The number of hydrogen-bond acceptors (Lipinski definition) is 5. The van der Waals surface area contributed by atoms with E-state index in [4.69, 9.17) is 9.47 Å². The summed E-state index contributed by atoms with van der Waals surface area (Å²) in [5.41, 5.74) is 0. The molecule has 0 aromatic heterocycles. The molecular weight excluding hydrogens is 236 g/mol. The van der Waals surface area contributed by atoms with Gasteiger partial charge in [0.15, 0.2) is 6.10 Å². The van der Waals surface area contributed by atoms with Gasteiger partial charge in [-0.2, -0.15) is 0 Å². The van der Waals surface area contributed by atoms with Gasteiger partial charge in [-0.25, -0.2) is 9.59 Å². The van der Waals surface area contributed by atoms with Gasteiger partial charge >= 0.3 is 11.9 Å². The Hall–Kier alpha value is -1.10. The fourth-order valence-corrected chi connectivity index (χ4v) is 3.65. The van der Waals surface area contributed by atoms with Crippen LogP contribution in [0.5, 0.6) is 0 Å². The number of esters is 2. The van der Waals surface area contributed by atoms with E-state index < -0.39 is 24.1 Å². The van der Waals surface area contributed by atoms with Crippen molar-refractivity contribution in [1.29, 1.82) is 0 Å². The lowest BCUT2D eigenvalue weighted by Crippen LogP contribution is -2.37. The van der Waals surface area contributed by atoms with Crippen LogP contribution in [0.25, 0.3) is 0 Å². The molecule has 5 heteroatoms. The van der Waals surface area contributed by atoms with Crippen LogP contribution >= 0.6 is 0 Å². The Morgan fingerprint density at radius 3 is 2.72 bits per heavy atom. The van der Waals surface area contributed by atoms with Crippen molar-refractivity contribution in [3.05, 3.63) is 0 Å².